The minimum atomic E-state index is -1.68. The van der Waals surface area contributed by atoms with Crippen LogP contribution in [0.15, 0.2) is 71.8 Å². The minimum absolute atomic E-state index is 0.0248. The number of hydrogen-bond donors (Lipinski definition) is 2. The zero-order valence-electron chi connectivity index (χ0n) is 18.2. The van der Waals surface area contributed by atoms with Crippen LogP contribution >= 0.6 is 0 Å². The standard InChI is InChI=1S/C24H22F2N2O6/c1-33-24(32)20-22(34-14-15-5-3-2-4-6-15)21(30)18(13-28(20)9-10-29)23(31)27-12-16-7-8-17(25)11-19(16)26/h2-8,10-11,13,21,30H,9,12,14H2,1H3,(H,27,31). The van der Waals surface area contributed by atoms with Gasteiger partial charge in [0.05, 0.1) is 19.2 Å². The third-order valence-corrected chi connectivity index (χ3v) is 4.96. The second-order valence-electron chi connectivity index (χ2n) is 7.20. The number of ether oxygens (including phenoxy) is 2. The average Bonchev–Trinajstić information content (AvgIpc) is 2.83. The summed E-state index contributed by atoms with van der Waals surface area (Å²) in [5.41, 5.74) is 0.261. The van der Waals surface area contributed by atoms with Gasteiger partial charge in [-0.25, -0.2) is 13.6 Å². The highest BCUT2D eigenvalue weighted by molar-refractivity contribution is 5.97. The number of halogens is 2. The lowest BCUT2D eigenvalue weighted by Gasteiger charge is -2.31. The molecule has 3 rings (SSSR count). The number of esters is 1. The number of nitrogens with zero attached hydrogens (tertiary/aromatic N) is 1. The summed E-state index contributed by atoms with van der Waals surface area (Å²) in [5, 5.41) is 13.3. The number of aliphatic hydroxyl groups excluding tert-OH is 1. The lowest BCUT2D eigenvalue weighted by Crippen LogP contribution is -2.40. The second kappa shape index (κ2) is 11.2. The Kier molecular flexibility index (Phi) is 8.10. The van der Waals surface area contributed by atoms with E-state index in [1.54, 1.807) is 30.3 Å². The fraction of sp³-hybridized carbons (Fsp3) is 0.208. The summed E-state index contributed by atoms with van der Waals surface area (Å²) in [4.78, 5) is 37.6. The Morgan fingerprint density at radius 1 is 1.18 bits per heavy atom. The van der Waals surface area contributed by atoms with Crippen molar-refractivity contribution in [2.45, 2.75) is 19.3 Å². The molecule has 0 fully saturated rings. The fourth-order valence-corrected chi connectivity index (χ4v) is 3.26. The van der Waals surface area contributed by atoms with Gasteiger partial charge < -0.3 is 29.6 Å². The number of carbonyl (C=O) groups is 3. The first-order valence-corrected chi connectivity index (χ1v) is 10.2. The van der Waals surface area contributed by atoms with Crippen LogP contribution in [-0.2, 0) is 37.0 Å². The van der Waals surface area contributed by atoms with Crippen LogP contribution < -0.4 is 5.32 Å². The van der Waals surface area contributed by atoms with Crippen molar-refractivity contribution in [2.24, 2.45) is 0 Å². The lowest BCUT2D eigenvalue weighted by molar-refractivity contribution is -0.138. The third kappa shape index (κ3) is 5.65. The Labute approximate surface area is 194 Å². The largest absolute Gasteiger partial charge is 0.488 e. The number of amides is 1. The normalized spacial score (nSPS) is 15.5. The number of aliphatic hydroxyl groups is 1. The Bertz CT molecular complexity index is 1130. The van der Waals surface area contributed by atoms with E-state index in [1.165, 1.54) is 6.07 Å². The topological polar surface area (TPSA) is 105 Å². The molecular formula is C24H22F2N2O6. The van der Waals surface area contributed by atoms with Crippen molar-refractivity contribution in [3.63, 3.8) is 0 Å². The van der Waals surface area contributed by atoms with Crippen molar-refractivity contribution in [1.29, 1.82) is 0 Å². The zero-order chi connectivity index (χ0) is 24.7. The third-order valence-electron chi connectivity index (χ3n) is 4.96. The van der Waals surface area contributed by atoms with Crippen LogP contribution in [0.3, 0.4) is 0 Å². The van der Waals surface area contributed by atoms with Crippen LogP contribution in [0, 0.1) is 11.6 Å². The van der Waals surface area contributed by atoms with Crippen LogP contribution in [0.1, 0.15) is 11.1 Å². The maximum Gasteiger partial charge on any atom is 0.358 e. The van der Waals surface area contributed by atoms with E-state index >= 15 is 0 Å². The van der Waals surface area contributed by atoms with Gasteiger partial charge in [0.15, 0.2) is 11.5 Å². The molecule has 0 aromatic heterocycles. The molecule has 1 aliphatic heterocycles. The summed E-state index contributed by atoms with van der Waals surface area (Å²) in [7, 11) is 1.12. The van der Waals surface area contributed by atoms with Crippen molar-refractivity contribution < 1.29 is 37.7 Å². The van der Waals surface area contributed by atoms with Crippen LogP contribution in [0.25, 0.3) is 0 Å². The summed E-state index contributed by atoms with van der Waals surface area (Å²) in [6, 6.07) is 11.8. The molecule has 1 unspecified atom stereocenters. The fourth-order valence-electron chi connectivity index (χ4n) is 3.26. The van der Waals surface area contributed by atoms with Crippen LogP contribution in [0.2, 0.25) is 0 Å². The highest BCUT2D eigenvalue weighted by Crippen LogP contribution is 2.28. The van der Waals surface area contributed by atoms with E-state index < -0.39 is 29.6 Å². The molecule has 0 saturated heterocycles. The highest BCUT2D eigenvalue weighted by Gasteiger charge is 2.37. The number of hydrogen-bond acceptors (Lipinski definition) is 7. The average molecular weight is 472 g/mol. The van der Waals surface area contributed by atoms with Gasteiger partial charge in [-0.15, -0.1) is 0 Å². The number of rotatable bonds is 9. The van der Waals surface area contributed by atoms with Crippen molar-refractivity contribution in [1.82, 2.24) is 10.2 Å². The van der Waals surface area contributed by atoms with Crippen LogP contribution in [0.4, 0.5) is 8.78 Å². The molecule has 2 aromatic rings. The Morgan fingerprint density at radius 3 is 2.56 bits per heavy atom. The van der Waals surface area contributed by atoms with Gasteiger partial charge in [0.2, 0.25) is 0 Å². The SMILES string of the molecule is COC(=O)C1=C(OCc2ccccc2)C(O)C(C(=O)NCc2ccc(F)cc2F)=CN1CC=O. The molecule has 0 radical (unpaired) electrons. The number of benzene rings is 2. The molecule has 1 aliphatic rings. The molecular weight excluding hydrogens is 450 g/mol. The van der Waals surface area contributed by atoms with Crippen molar-refractivity contribution in [3.05, 3.63) is 94.5 Å². The molecule has 0 saturated carbocycles. The van der Waals surface area contributed by atoms with E-state index in [-0.39, 0.29) is 42.3 Å². The monoisotopic (exact) mass is 472 g/mol. The molecule has 10 heteroatoms. The first kappa shape index (κ1) is 24.6. The quantitative estimate of drug-likeness (QED) is 0.425. The van der Waals surface area contributed by atoms with Gasteiger partial charge in [0.25, 0.3) is 5.91 Å². The van der Waals surface area contributed by atoms with Gasteiger partial charge in [-0.1, -0.05) is 36.4 Å². The Balaban J connectivity index is 1.87. The first-order valence-electron chi connectivity index (χ1n) is 10.2. The van der Waals surface area contributed by atoms with Gasteiger partial charge in [0, 0.05) is 24.4 Å². The molecule has 178 valence electrons. The van der Waals surface area contributed by atoms with Crippen LogP contribution in [0.5, 0.6) is 0 Å². The predicted octanol–water partition coefficient (Wildman–Crippen LogP) is 1.94. The van der Waals surface area contributed by atoms with Gasteiger partial charge in [-0.3, -0.25) is 4.79 Å². The summed E-state index contributed by atoms with van der Waals surface area (Å²) >= 11 is 0. The molecule has 0 bridgehead atoms. The van der Waals surface area contributed by atoms with E-state index in [4.69, 9.17) is 9.47 Å². The molecule has 1 amide bonds. The van der Waals surface area contributed by atoms with E-state index in [9.17, 15) is 28.3 Å². The van der Waals surface area contributed by atoms with Crippen LogP contribution in [-0.4, -0.2) is 47.9 Å². The molecule has 2 aromatic carbocycles. The number of nitrogens with one attached hydrogen (secondary N) is 1. The maximum absolute atomic E-state index is 13.9. The van der Waals surface area contributed by atoms with Crippen molar-refractivity contribution >= 4 is 18.2 Å². The van der Waals surface area contributed by atoms with E-state index in [2.05, 4.69) is 5.32 Å². The molecule has 34 heavy (non-hydrogen) atoms. The van der Waals surface area contributed by atoms with Gasteiger partial charge in [0.1, 0.15) is 30.6 Å². The van der Waals surface area contributed by atoms with Crippen molar-refractivity contribution in [2.75, 3.05) is 13.7 Å². The number of aldehydes is 1. The summed E-state index contributed by atoms with van der Waals surface area (Å²) in [5.74, 6) is -3.58. The van der Waals surface area contributed by atoms with E-state index in [0.29, 0.717) is 12.4 Å². The first-order chi connectivity index (χ1) is 16.3. The van der Waals surface area contributed by atoms with E-state index in [1.807, 2.05) is 0 Å². The molecule has 1 heterocycles. The molecule has 1 atom stereocenters. The number of methoxy groups -OCH3 is 1. The highest BCUT2D eigenvalue weighted by atomic mass is 19.1. The predicted molar refractivity (Wildman–Crippen MR) is 115 cm³/mol. The molecule has 2 N–H and O–H groups in total. The summed E-state index contributed by atoms with van der Waals surface area (Å²) in [6.45, 7) is -0.673. The molecule has 8 nitrogen and oxygen atoms in total. The maximum atomic E-state index is 13.9. The van der Waals surface area contributed by atoms with Crippen molar-refractivity contribution in [3.8, 4) is 0 Å². The molecule has 0 aliphatic carbocycles. The Morgan fingerprint density at radius 2 is 1.91 bits per heavy atom. The van der Waals surface area contributed by atoms with Gasteiger partial charge in [-0.2, -0.15) is 0 Å². The minimum Gasteiger partial charge on any atom is -0.488 e. The molecule has 0 spiro atoms. The zero-order valence-corrected chi connectivity index (χ0v) is 18.2. The summed E-state index contributed by atoms with van der Waals surface area (Å²) in [6.07, 6.45) is -0.0642. The Hall–Kier alpha value is -4.05. The lowest BCUT2D eigenvalue weighted by atomic mass is 10.0. The second-order valence-corrected chi connectivity index (χ2v) is 7.20. The summed E-state index contributed by atoms with van der Waals surface area (Å²) < 4.78 is 37.5. The smallest absolute Gasteiger partial charge is 0.358 e. The van der Waals surface area contributed by atoms with Gasteiger partial charge in [-0.05, 0) is 11.6 Å². The number of carbonyl (C=O) groups excluding carboxylic acids is 3. The van der Waals surface area contributed by atoms with Gasteiger partial charge >= 0.3 is 5.97 Å². The van der Waals surface area contributed by atoms with E-state index in [0.717, 1.165) is 29.8 Å².